The fourth-order valence-electron chi connectivity index (χ4n) is 1.71. The smallest absolute Gasteiger partial charge is 0.341 e. The fraction of sp³-hybridized carbons (Fsp3) is 0.231. The third-order valence-electron chi connectivity index (χ3n) is 2.87. The van der Waals surface area contributed by atoms with Crippen LogP contribution in [-0.2, 0) is 4.74 Å². The van der Waals surface area contributed by atoms with Gasteiger partial charge in [-0.2, -0.15) is 0 Å². The molecule has 0 aliphatic heterocycles. The minimum Gasteiger partial charge on any atom is -0.465 e. The largest absolute Gasteiger partial charge is 0.465 e. The molecule has 2 aromatic rings. The summed E-state index contributed by atoms with van der Waals surface area (Å²) in [4.78, 5) is 15.8. The van der Waals surface area contributed by atoms with Gasteiger partial charge < -0.3 is 4.74 Å². The predicted molar refractivity (Wildman–Crippen MR) is 67.6 cm³/mol. The fourth-order valence-corrected chi connectivity index (χ4v) is 1.93. The van der Waals surface area contributed by atoms with Gasteiger partial charge in [0, 0.05) is 5.39 Å². The van der Waals surface area contributed by atoms with E-state index in [4.69, 9.17) is 11.6 Å². The van der Waals surface area contributed by atoms with Crippen LogP contribution < -0.4 is 0 Å². The number of aromatic nitrogens is 1. The van der Waals surface area contributed by atoms with Crippen molar-refractivity contribution in [3.05, 3.63) is 40.0 Å². The number of rotatable bonds is 1. The van der Waals surface area contributed by atoms with Gasteiger partial charge in [-0.05, 0) is 31.0 Å². The van der Waals surface area contributed by atoms with Gasteiger partial charge in [-0.3, -0.25) is 0 Å². The summed E-state index contributed by atoms with van der Waals surface area (Å²) in [5.41, 5.74) is 3.33. The molecule has 88 valence electrons. The van der Waals surface area contributed by atoms with E-state index in [1.165, 1.54) is 7.11 Å². The third kappa shape index (κ3) is 1.98. The van der Waals surface area contributed by atoms with Gasteiger partial charge in [0.15, 0.2) is 0 Å². The Morgan fingerprint density at radius 1 is 1.35 bits per heavy atom. The van der Waals surface area contributed by atoms with E-state index in [1.54, 1.807) is 6.07 Å². The highest BCUT2D eigenvalue weighted by Crippen LogP contribution is 2.25. The van der Waals surface area contributed by atoms with Crippen molar-refractivity contribution >= 4 is 28.5 Å². The van der Waals surface area contributed by atoms with Gasteiger partial charge in [-0.25, -0.2) is 9.78 Å². The van der Waals surface area contributed by atoms with Crippen molar-refractivity contribution in [3.8, 4) is 0 Å². The maximum atomic E-state index is 11.5. The second-order valence-electron chi connectivity index (χ2n) is 3.90. The monoisotopic (exact) mass is 249 g/mol. The molecule has 1 aromatic carbocycles. The van der Waals surface area contributed by atoms with Crippen LogP contribution >= 0.6 is 11.6 Å². The van der Waals surface area contributed by atoms with Crippen molar-refractivity contribution in [2.75, 3.05) is 7.11 Å². The quantitative estimate of drug-likeness (QED) is 0.575. The Balaban J connectivity index is 2.75. The molecule has 0 unspecified atom stereocenters. The first-order valence-electron chi connectivity index (χ1n) is 5.19. The molecule has 1 heterocycles. The van der Waals surface area contributed by atoms with Crippen LogP contribution in [-0.4, -0.2) is 18.1 Å². The lowest BCUT2D eigenvalue weighted by molar-refractivity contribution is 0.0600. The zero-order valence-corrected chi connectivity index (χ0v) is 10.6. The molecule has 0 saturated heterocycles. The number of carbonyl (C=O) groups is 1. The maximum Gasteiger partial charge on any atom is 0.341 e. The number of benzene rings is 1. The summed E-state index contributed by atoms with van der Waals surface area (Å²) in [5, 5.41) is 1.07. The van der Waals surface area contributed by atoms with Gasteiger partial charge >= 0.3 is 5.97 Å². The molecule has 0 spiro atoms. The standard InChI is InChI=1S/C13H12ClNO2/c1-7-4-5-9-6-10(13(16)17-3)12(14)15-11(9)8(7)2/h4-6H,1-3H3. The molecule has 0 amide bonds. The van der Waals surface area contributed by atoms with Gasteiger partial charge in [0.2, 0.25) is 0 Å². The lowest BCUT2D eigenvalue weighted by Crippen LogP contribution is -2.04. The number of halogens is 1. The van der Waals surface area contributed by atoms with Crippen molar-refractivity contribution in [2.45, 2.75) is 13.8 Å². The van der Waals surface area contributed by atoms with Gasteiger partial charge in [0.05, 0.1) is 18.2 Å². The Morgan fingerprint density at radius 3 is 2.71 bits per heavy atom. The zero-order chi connectivity index (χ0) is 12.6. The Labute approximate surface area is 104 Å². The minimum absolute atomic E-state index is 0.179. The lowest BCUT2D eigenvalue weighted by Gasteiger charge is -2.08. The first-order chi connectivity index (χ1) is 8.04. The summed E-state index contributed by atoms with van der Waals surface area (Å²) in [6.07, 6.45) is 0. The van der Waals surface area contributed by atoms with Crippen LogP contribution in [0.25, 0.3) is 10.9 Å². The van der Waals surface area contributed by atoms with E-state index in [0.717, 1.165) is 22.0 Å². The Kier molecular flexibility index (Phi) is 3.03. The highest BCUT2D eigenvalue weighted by Gasteiger charge is 2.14. The van der Waals surface area contributed by atoms with Gasteiger partial charge in [0.25, 0.3) is 0 Å². The number of aryl methyl sites for hydroxylation is 2. The third-order valence-corrected chi connectivity index (χ3v) is 3.16. The molecule has 4 heteroatoms. The van der Waals surface area contributed by atoms with Crippen LogP contribution in [0.2, 0.25) is 5.15 Å². The van der Waals surface area contributed by atoms with Crippen molar-refractivity contribution in [1.82, 2.24) is 4.98 Å². The predicted octanol–water partition coefficient (Wildman–Crippen LogP) is 3.29. The molecule has 0 N–H and O–H groups in total. The number of methoxy groups -OCH3 is 1. The van der Waals surface area contributed by atoms with Crippen molar-refractivity contribution in [2.24, 2.45) is 0 Å². The van der Waals surface area contributed by atoms with E-state index in [-0.39, 0.29) is 5.15 Å². The number of fused-ring (bicyclic) bond motifs is 1. The summed E-state index contributed by atoms with van der Waals surface area (Å²) < 4.78 is 4.66. The topological polar surface area (TPSA) is 39.2 Å². The number of hydrogen-bond acceptors (Lipinski definition) is 3. The van der Waals surface area contributed by atoms with Gasteiger partial charge in [-0.1, -0.05) is 23.7 Å². The minimum atomic E-state index is -0.470. The summed E-state index contributed by atoms with van der Waals surface area (Å²) in [5.74, 6) is -0.470. The highest BCUT2D eigenvalue weighted by atomic mass is 35.5. The molecule has 0 radical (unpaired) electrons. The van der Waals surface area contributed by atoms with Crippen molar-refractivity contribution in [3.63, 3.8) is 0 Å². The second kappa shape index (κ2) is 4.34. The number of nitrogens with zero attached hydrogens (tertiary/aromatic N) is 1. The summed E-state index contributed by atoms with van der Waals surface area (Å²) >= 11 is 5.99. The second-order valence-corrected chi connectivity index (χ2v) is 4.26. The number of ether oxygens (including phenoxy) is 1. The molecular weight excluding hydrogens is 238 g/mol. The molecule has 0 aliphatic rings. The Morgan fingerprint density at radius 2 is 2.06 bits per heavy atom. The molecule has 0 fully saturated rings. The van der Waals surface area contributed by atoms with E-state index >= 15 is 0 Å². The zero-order valence-electron chi connectivity index (χ0n) is 9.87. The van der Waals surface area contributed by atoms with Crippen LogP contribution in [0.3, 0.4) is 0 Å². The maximum absolute atomic E-state index is 11.5. The van der Waals surface area contributed by atoms with Gasteiger partial charge in [0.1, 0.15) is 5.15 Å². The van der Waals surface area contributed by atoms with E-state index in [9.17, 15) is 4.79 Å². The Bertz CT molecular complexity index is 608. The molecule has 0 atom stereocenters. The lowest BCUT2D eigenvalue weighted by atomic mass is 10.0. The van der Waals surface area contributed by atoms with E-state index < -0.39 is 5.97 Å². The number of pyridine rings is 1. The molecule has 1 aromatic heterocycles. The van der Waals surface area contributed by atoms with Gasteiger partial charge in [-0.15, -0.1) is 0 Å². The average Bonchev–Trinajstić information content (AvgIpc) is 2.33. The number of hydrogen-bond donors (Lipinski definition) is 0. The molecule has 0 saturated carbocycles. The van der Waals surface area contributed by atoms with Crippen LogP contribution in [0.5, 0.6) is 0 Å². The molecule has 2 rings (SSSR count). The van der Waals surface area contributed by atoms with Crippen molar-refractivity contribution < 1.29 is 9.53 Å². The number of carbonyl (C=O) groups excluding carboxylic acids is 1. The first-order valence-corrected chi connectivity index (χ1v) is 5.57. The SMILES string of the molecule is COC(=O)c1cc2ccc(C)c(C)c2nc1Cl. The highest BCUT2D eigenvalue weighted by molar-refractivity contribution is 6.33. The molecule has 0 bridgehead atoms. The van der Waals surface area contributed by atoms with Crippen LogP contribution in [0.15, 0.2) is 18.2 Å². The van der Waals surface area contributed by atoms with Crippen LogP contribution in [0.4, 0.5) is 0 Å². The molecule has 3 nitrogen and oxygen atoms in total. The molecular formula is C13H12ClNO2. The number of esters is 1. The van der Waals surface area contributed by atoms with Crippen molar-refractivity contribution in [1.29, 1.82) is 0 Å². The average molecular weight is 250 g/mol. The first kappa shape index (κ1) is 11.9. The van der Waals surface area contributed by atoms with E-state index in [1.807, 2.05) is 26.0 Å². The van der Waals surface area contributed by atoms with E-state index in [2.05, 4.69) is 9.72 Å². The summed E-state index contributed by atoms with van der Waals surface area (Å²) in [6, 6.07) is 5.63. The molecule has 17 heavy (non-hydrogen) atoms. The summed E-state index contributed by atoms with van der Waals surface area (Å²) in [6.45, 7) is 4.00. The normalized spacial score (nSPS) is 10.6. The summed E-state index contributed by atoms with van der Waals surface area (Å²) in [7, 11) is 1.32. The molecule has 0 aliphatic carbocycles. The van der Waals surface area contributed by atoms with Crippen LogP contribution in [0, 0.1) is 13.8 Å². The van der Waals surface area contributed by atoms with E-state index in [0.29, 0.717) is 5.56 Å². The Hall–Kier alpha value is -1.61. The van der Waals surface area contributed by atoms with Crippen LogP contribution in [0.1, 0.15) is 21.5 Å².